The molecule has 38 heavy (non-hydrogen) atoms. The van der Waals surface area contributed by atoms with Crippen molar-refractivity contribution in [3.05, 3.63) is 103 Å². The van der Waals surface area contributed by atoms with Crippen LogP contribution in [-0.4, -0.2) is 27.3 Å². The van der Waals surface area contributed by atoms with Crippen LogP contribution < -0.4 is 14.8 Å². The molecule has 0 aliphatic carbocycles. The van der Waals surface area contributed by atoms with Gasteiger partial charge in [-0.25, -0.2) is 4.98 Å². The zero-order valence-corrected chi connectivity index (χ0v) is 20.3. The topological polar surface area (TPSA) is 106 Å². The second-order valence-corrected chi connectivity index (χ2v) is 8.44. The van der Waals surface area contributed by atoms with Crippen LogP contribution in [0.25, 0.3) is 33.1 Å². The van der Waals surface area contributed by atoms with Crippen molar-refractivity contribution in [3.63, 3.8) is 0 Å². The summed E-state index contributed by atoms with van der Waals surface area (Å²) in [4.78, 5) is 8.79. The third kappa shape index (κ3) is 4.40. The maximum Gasteiger partial charge on any atom is 0.161 e. The lowest BCUT2D eigenvalue weighted by Crippen LogP contribution is -1.99. The number of aromatic nitrogens is 4. The summed E-state index contributed by atoms with van der Waals surface area (Å²) in [7, 11) is 1.59. The van der Waals surface area contributed by atoms with Gasteiger partial charge in [0.25, 0.3) is 0 Å². The summed E-state index contributed by atoms with van der Waals surface area (Å²) < 4.78 is 11.3. The van der Waals surface area contributed by atoms with E-state index in [0.717, 1.165) is 27.7 Å². The molecule has 6 aromatic rings. The molecule has 0 aliphatic rings. The molecule has 0 bridgehead atoms. The van der Waals surface area contributed by atoms with Crippen LogP contribution in [0.4, 0.5) is 11.5 Å². The van der Waals surface area contributed by atoms with Crippen molar-refractivity contribution in [2.24, 2.45) is 0 Å². The van der Waals surface area contributed by atoms with Crippen molar-refractivity contribution >= 4 is 33.3 Å². The normalized spacial score (nSPS) is 10.7. The highest BCUT2D eigenvalue weighted by atomic mass is 16.5. The van der Waals surface area contributed by atoms with E-state index in [4.69, 9.17) is 14.7 Å². The predicted molar refractivity (Wildman–Crippen MR) is 146 cm³/mol. The molecule has 0 spiro atoms. The Hall–Kier alpha value is -5.55. The molecule has 6 rings (SSSR count). The maximum atomic E-state index is 9.09. The third-order valence-corrected chi connectivity index (χ3v) is 6.07. The van der Waals surface area contributed by atoms with Crippen molar-refractivity contribution in [1.82, 2.24) is 20.2 Å². The van der Waals surface area contributed by atoms with Crippen LogP contribution >= 0.6 is 0 Å². The first-order valence-electron chi connectivity index (χ1n) is 11.8. The van der Waals surface area contributed by atoms with Gasteiger partial charge in [-0.05, 0) is 36.4 Å². The van der Waals surface area contributed by atoms with E-state index < -0.39 is 0 Å². The number of rotatable bonds is 6. The highest BCUT2D eigenvalue weighted by Gasteiger charge is 2.12. The van der Waals surface area contributed by atoms with Crippen LogP contribution in [0.15, 0.2) is 97.3 Å². The van der Waals surface area contributed by atoms with Crippen LogP contribution in [0.1, 0.15) is 5.56 Å². The molecule has 0 saturated heterocycles. The number of ether oxygens (including phenoxy) is 2. The Morgan fingerprint density at radius 3 is 2.37 bits per heavy atom. The van der Waals surface area contributed by atoms with Crippen LogP contribution in [0, 0.1) is 11.3 Å². The molecular weight excluding hydrogens is 476 g/mol. The van der Waals surface area contributed by atoms with Gasteiger partial charge in [0.05, 0.1) is 30.5 Å². The van der Waals surface area contributed by atoms with Gasteiger partial charge in [-0.1, -0.05) is 36.4 Å². The molecule has 8 nitrogen and oxygen atoms in total. The number of hydrogen-bond donors (Lipinski definition) is 1. The van der Waals surface area contributed by atoms with Crippen LogP contribution in [0.5, 0.6) is 17.2 Å². The number of nitrogens with zero attached hydrogens (tertiary/aromatic N) is 5. The highest BCUT2D eigenvalue weighted by Crippen LogP contribution is 2.33. The Morgan fingerprint density at radius 2 is 1.61 bits per heavy atom. The van der Waals surface area contributed by atoms with E-state index in [1.807, 2.05) is 66.7 Å². The lowest BCUT2D eigenvalue weighted by Gasteiger charge is -2.12. The second-order valence-electron chi connectivity index (χ2n) is 8.44. The summed E-state index contributed by atoms with van der Waals surface area (Å²) in [6.07, 6.45) is 3.32. The highest BCUT2D eigenvalue weighted by molar-refractivity contribution is 6.00. The standard InChI is InChI=1S/C30H20N6O2/c1-37-23-16-26-29(33-18-23)27(14-15-32-26)38-22-12-10-21(11-13-22)34-30-25-5-3-2-4-24(25)28(35-36-30)20-8-6-19(17-31)7-9-20/h2-16,18H,1H3,(H,34,36). The van der Waals surface area contributed by atoms with E-state index in [9.17, 15) is 0 Å². The maximum absolute atomic E-state index is 9.09. The fourth-order valence-electron chi connectivity index (χ4n) is 4.16. The quantitative estimate of drug-likeness (QED) is 0.273. The lowest BCUT2D eigenvalue weighted by atomic mass is 10.0. The van der Waals surface area contributed by atoms with E-state index >= 15 is 0 Å². The monoisotopic (exact) mass is 496 g/mol. The third-order valence-electron chi connectivity index (χ3n) is 6.07. The molecule has 0 aliphatic heterocycles. The summed E-state index contributed by atoms with van der Waals surface area (Å²) in [5.74, 6) is 2.55. The van der Waals surface area contributed by atoms with Gasteiger partial charge in [-0.3, -0.25) is 4.98 Å². The van der Waals surface area contributed by atoms with E-state index in [1.165, 1.54) is 0 Å². The van der Waals surface area contributed by atoms with E-state index in [2.05, 4.69) is 31.6 Å². The first-order chi connectivity index (χ1) is 18.7. The SMILES string of the molecule is COc1cnc2c(Oc3ccc(Nc4nnc(-c5ccc(C#N)cc5)c5ccccc45)cc3)ccnc2c1. The molecule has 0 fully saturated rings. The number of hydrogen-bond acceptors (Lipinski definition) is 8. The average Bonchev–Trinajstić information content (AvgIpc) is 2.98. The van der Waals surface area contributed by atoms with Crippen molar-refractivity contribution in [3.8, 4) is 34.6 Å². The molecule has 182 valence electrons. The summed E-state index contributed by atoms with van der Waals surface area (Å²) in [5.41, 5.74) is 4.44. The van der Waals surface area contributed by atoms with Crippen LogP contribution in [0.2, 0.25) is 0 Å². The molecule has 3 aromatic carbocycles. The molecule has 0 saturated carbocycles. The smallest absolute Gasteiger partial charge is 0.161 e. The Kier molecular flexibility index (Phi) is 5.92. The van der Waals surface area contributed by atoms with Crippen molar-refractivity contribution in [2.75, 3.05) is 12.4 Å². The first kappa shape index (κ1) is 22.9. The number of methoxy groups -OCH3 is 1. The number of anilines is 2. The van der Waals surface area contributed by atoms with Gasteiger partial charge in [-0.2, -0.15) is 5.26 Å². The summed E-state index contributed by atoms with van der Waals surface area (Å²) in [5, 5.41) is 23.3. The van der Waals surface area contributed by atoms with Gasteiger partial charge in [0.2, 0.25) is 0 Å². The van der Waals surface area contributed by atoms with Crippen molar-refractivity contribution in [2.45, 2.75) is 0 Å². The fraction of sp³-hybridized carbons (Fsp3) is 0.0333. The van der Waals surface area contributed by atoms with Gasteiger partial charge in [0.15, 0.2) is 11.6 Å². The molecule has 0 amide bonds. The average molecular weight is 497 g/mol. The van der Waals surface area contributed by atoms with Gasteiger partial charge >= 0.3 is 0 Å². The lowest BCUT2D eigenvalue weighted by molar-refractivity contribution is 0.413. The zero-order chi connectivity index (χ0) is 25.9. The van der Waals surface area contributed by atoms with Crippen LogP contribution in [-0.2, 0) is 0 Å². The molecular formula is C30H20N6O2. The molecule has 0 unspecified atom stereocenters. The largest absolute Gasteiger partial charge is 0.495 e. The van der Waals surface area contributed by atoms with Crippen LogP contribution in [0.3, 0.4) is 0 Å². The number of benzene rings is 3. The van der Waals surface area contributed by atoms with Gasteiger partial charge < -0.3 is 14.8 Å². The van der Waals surface area contributed by atoms with E-state index in [1.54, 1.807) is 37.7 Å². The number of pyridine rings is 2. The zero-order valence-electron chi connectivity index (χ0n) is 20.3. The van der Waals surface area contributed by atoms with E-state index in [0.29, 0.717) is 39.7 Å². The summed E-state index contributed by atoms with van der Waals surface area (Å²) >= 11 is 0. The number of nitriles is 1. The van der Waals surface area contributed by atoms with Crippen molar-refractivity contribution < 1.29 is 9.47 Å². The van der Waals surface area contributed by atoms with Gasteiger partial charge in [-0.15, -0.1) is 10.2 Å². The minimum Gasteiger partial charge on any atom is -0.495 e. The van der Waals surface area contributed by atoms with Gasteiger partial charge in [0, 0.05) is 40.4 Å². The number of nitrogens with one attached hydrogen (secondary N) is 1. The summed E-state index contributed by atoms with van der Waals surface area (Å²) in [6, 6.07) is 28.6. The number of fused-ring (bicyclic) bond motifs is 2. The molecule has 0 atom stereocenters. The molecule has 3 heterocycles. The minimum absolute atomic E-state index is 0.602. The molecule has 1 N–H and O–H groups in total. The summed E-state index contributed by atoms with van der Waals surface area (Å²) in [6.45, 7) is 0. The Bertz CT molecular complexity index is 1810. The Labute approximate surface area is 218 Å². The molecule has 8 heteroatoms. The Balaban J connectivity index is 1.26. The minimum atomic E-state index is 0.602. The molecule has 0 radical (unpaired) electrons. The molecule has 3 aromatic heterocycles. The first-order valence-corrected chi connectivity index (χ1v) is 11.8. The second kappa shape index (κ2) is 9.84. The fourth-order valence-corrected chi connectivity index (χ4v) is 4.16. The Morgan fingerprint density at radius 1 is 0.816 bits per heavy atom. The van der Waals surface area contributed by atoms with E-state index in [-0.39, 0.29) is 0 Å². The van der Waals surface area contributed by atoms with Gasteiger partial charge in [0.1, 0.15) is 22.7 Å². The van der Waals surface area contributed by atoms with Crippen molar-refractivity contribution in [1.29, 1.82) is 5.26 Å². The predicted octanol–water partition coefficient (Wildman–Crippen LogP) is 6.66.